The van der Waals surface area contributed by atoms with Crippen molar-refractivity contribution >= 4 is 12.2 Å². The average Bonchev–Trinajstić information content (AvgIpc) is 2.42. The van der Waals surface area contributed by atoms with E-state index < -0.39 is 0 Å². The number of carbonyl (C=O) groups is 1. The maximum Gasteiger partial charge on any atom is 0.335 e. The first-order chi connectivity index (χ1) is 9.65. The summed E-state index contributed by atoms with van der Waals surface area (Å²) in [6.45, 7) is 0. The highest BCUT2D eigenvalue weighted by atomic mass is 16.3. The highest BCUT2D eigenvalue weighted by Gasteiger charge is 2.14. The second-order valence-corrected chi connectivity index (χ2v) is 4.92. The predicted octanol–water partition coefficient (Wildman–Crippen LogP) is 2.06. The summed E-state index contributed by atoms with van der Waals surface area (Å²) < 4.78 is 0. The van der Waals surface area contributed by atoms with Gasteiger partial charge in [0.15, 0.2) is 0 Å². The molecule has 4 N–H and O–H groups in total. The summed E-state index contributed by atoms with van der Waals surface area (Å²) in [4.78, 5) is 11.6. The van der Waals surface area contributed by atoms with Gasteiger partial charge in [0.05, 0.1) is 6.21 Å². The van der Waals surface area contributed by atoms with Gasteiger partial charge in [0.25, 0.3) is 0 Å². The highest BCUT2D eigenvalue weighted by Crippen LogP contribution is 2.20. The van der Waals surface area contributed by atoms with Gasteiger partial charge in [-0.15, -0.1) is 0 Å². The smallest absolute Gasteiger partial charge is 0.335 e. The van der Waals surface area contributed by atoms with Gasteiger partial charge >= 0.3 is 6.03 Å². The van der Waals surface area contributed by atoms with E-state index in [4.69, 9.17) is 5.11 Å². The number of aromatic hydroxyl groups is 2. The molecule has 0 spiro atoms. The number of nitrogens with one attached hydrogen (secondary N) is 2. The van der Waals surface area contributed by atoms with Crippen molar-refractivity contribution in [2.24, 2.45) is 5.10 Å². The normalized spacial score (nSPS) is 16.2. The Kier molecular flexibility index (Phi) is 4.81. The second kappa shape index (κ2) is 6.79. The Balaban J connectivity index is 1.81. The van der Waals surface area contributed by atoms with Crippen LogP contribution in [0.1, 0.15) is 37.7 Å². The van der Waals surface area contributed by atoms with E-state index in [9.17, 15) is 9.90 Å². The maximum absolute atomic E-state index is 11.6. The molecular weight excluding hydrogens is 258 g/mol. The van der Waals surface area contributed by atoms with Gasteiger partial charge < -0.3 is 15.5 Å². The van der Waals surface area contributed by atoms with Crippen molar-refractivity contribution in [1.82, 2.24) is 10.7 Å². The van der Waals surface area contributed by atoms with Crippen LogP contribution in [0, 0.1) is 0 Å². The second-order valence-electron chi connectivity index (χ2n) is 4.92. The molecule has 20 heavy (non-hydrogen) atoms. The maximum atomic E-state index is 11.6. The van der Waals surface area contributed by atoms with Gasteiger partial charge in [-0.2, -0.15) is 5.10 Å². The summed E-state index contributed by atoms with van der Waals surface area (Å²) >= 11 is 0. The molecule has 0 atom stereocenters. The number of hydrogen-bond donors (Lipinski definition) is 4. The number of rotatable bonds is 3. The van der Waals surface area contributed by atoms with Crippen LogP contribution in [0.4, 0.5) is 4.79 Å². The Morgan fingerprint density at radius 1 is 1.25 bits per heavy atom. The molecule has 1 aromatic carbocycles. The lowest BCUT2D eigenvalue weighted by molar-refractivity contribution is 0.233. The quantitative estimate of drug-likeness (QED) is 0.503. The Labute approximate surface area is 117 Å². The fraction of sp³-hybridized carbons (Fsp3) is 0.429. The van der Waals surface area contributed by atoms with Gasteiger partial charge in [-0.1, -0.05) is 19.3 Å². The lowest BCUT2D eigenvalue weighted by Crippen LogP contribution is -2.41. The zero-order chi connectivity index (χ0) is 14.4. The molecule has 6 nitrogen and oxygen atoms in total. The molecule has 1 fully saturated rings. The fourth-order valence-electron chi connectivity index (χ4n) is 2.27. The number of phenolic OH excluding ortho intramolecular Hbond substituents is 2. The molecule has 0 radical (unpaired) electrons. The van der Waals surface area contributed by atoms with Crippen LogP contribution in [0.25, 0.3) is 0 Å². The average molecular weight is 277 g/mol. The third-order valence-corrected chi connectivity index (χ3v) is 3.32. The minimum atomic E-state index is -0.341. The number of carbonyl (C=O) groups excluding carboxylic acids is 1. The number of nitrogens with zero attached hydrogens (tertiary/aromatic N) is 1. The van der Waals surface area contributed by atoms with Crippen LogP contribution in [0.5, 0.6) is 11.5 Å². The monoisotopic (exact) mass is 277 g/mol. The summed E-state index contributed by atoms with van der Waals surface area (Å²) in [5.41, 5.74) is 2.78. The van der Waals surface area contributed by atoms with Crippen molar-refractivity contribution in [2.75, 3.05) is 0 Å². The predicted molar refractivity (Wildman–Crippen MR) is 75.9 cm³/mol. The zero-order valence-corrected chi connectivity index (χ0v) is 11.2. The Bertz CT molecular complexity index is 496. The van der Waals surface area contributed by atoms with E-state index in [1.54, 1.807) is 0 Å². The number of hydrazone groups is 1. The van der Waals surface area contributed by atoms with Crippen molar-refractivity contribution < 1.29 is 15.0 Å². The summed E-state index contributed by atoms with van der Waals surface area (Å²) in [6, 6.07) is 4.04. The van der Waals surface area contributed by atoms with Crippen molar-refractivity contribution in [3.63, 3.8) is 0 Å². The molecule has 6 heteroatoms. The molecule has 1 aliphatic carbocycles. The third kappa shape index (κ3) is 4.15. The van der Waals surface area contributed by atoms with Crippen molar-refractivity contribution in [1.29, 1.82) is 0 Å². The number of hydrogen-bond acceptors (Lipinski definition) is 4. The van der Waals surface area contributed by atoms with Gasteiger partial charge in [0, 0.05) is 17.7 Å². The molecule has 0 aromatic heterocycles. The molecule has 0 bridgehead atoms. The van der Waals surface area contributed by atoms with E-state index in [1.165, 1.54) is 30.8 Å². The molecule has 0 unspecified atom stereocenters. The number of phenols is 2. The molecule has 2 amide bonds. The standard InChI is InChI=1S/C14H19N3O3/c18-12-7-6-10(13(19)8-12)9-15-17-14(20)16-11-4-2-1-3-5-11/h6-9,11,18-19H,1-5H2,(H2,16,17,20). The van der Waals surface area contributed by atoms with E-state index in [-0.39, 0.29) is 23.6 Å². The molecular formula is C14H19N3O3. The minimum Gasteiger partial charge on any atom is -0.508 e. The van der Waals surface area contributed by atoms with Crippen LogP contribution in [0.3, 0.4) is 0 Å². The van der Waals surface area contributed by atoms with E-state index in [0.717, 1.165) is 25.7 Å². The van der Waals surface area contributed by atoms with Crippen LogP contribution in [0.2, 0.25) is 0 Å². The topological polar surface area (TPSA) is 94.0 Å². The van der Waals surface area contributed by atoms with Gasteiger partial charge in [0.2, 0.25) is 0 Å². The molecule has 0 heterocycles. The molecule has 108 valence electrons. The van der Waals surface area contributed by atoms with Gasteiger partial charge in [0.1, 0.15) is 11.5 Å². The minimum absolute atomic E-state index is 0.0253. The third-order valence-electron chi connectivity index (χ3n) is 3.32. The summed E-state index contributed by atoms with van der Waals surface area (Å²) in [6.07, 6.45) is 6.88. The van der Waals surface area contributed by atoms with E-state index in [1.807, 2.05) is 0 Å². The van der Waals surface area contributed by atoms with Crippen LogP contribution in [0.15, 0.2) is 23.3 Å². The van der Waals surface area contributed by atoms with E-state index in [0.29, 0.717) is 5.56 Å². The van der Waals surface area contributed by atoms with Crippen LogP contribution >= 0.6 is 0 Å². The molecule has 0 saturated heterocycles. The molecule has 1 saturated carbocycles. The summed E-state index contributed by atoms with van der Waals surface area (Å²) in [7, 11) is 0. The van der Waals surface area contributed by atoms with Gasteiger partial charge in [-0.05, 0) is 25.0 Å². The SMILES string of the molecule is O=C(NN=Cc1ccc(O)cc1O)NC1CCCCC1. The number of benzene rings is 1. The Morgan fingerprint density at radius 3 is 2.70 bits per heavy atom. The lowest BCUT2D eigenvalue weighted by atomic mass is 9.96. The van der Waals surface area contributed by atoms with Crippen LogP contribution < -0.4 is 10.7 Å². The van der Waals surface area contributed by atoms with Gasteiger partial charge in [-0.25, -0.2) is 10.2 Å². The Morgan fingerprint density at radius 2 is 2.00 bits per heavy atom. The van der Waals surface area contributed by atoms with Gasteiger partial charge in [-0.3, -0.25) is 0 Å². The first kappa shape index (κ1) is 14.2. The van der Waals surface area contributed by atoms with Crippen molar-refractivity contribution in [3.05, 3.63) is 23.8 Å². The first-order valence-corrected chi connectivity index (χ1v) is 6.77. The number of urea groups is 1. The van der Waals surface area contributed by atoms with Crippen LogP contribution in [-0.4, -0.2) is 28.5 Å². The molecule has 1 aromatic rings. The number of amides is 2. The molecule has 1 aliphatic rings. The van der Waals surface area contributed by atoms with E-state index >= 15 is 0 Å². The highest BCUT2D eigenvalue weighted by molar-refractivity contribution is 5.85. The lowest BCUT2D eigenvalue weighted by Gasteiger charge is -2.22. The summed E-state index contributed by atoms with van der Waals surface area (Å²) in [5, 5.41) is 25.3. The first-order valence-electron chi connectivity index (χ1n) is 6.77. The largest absolute Gasteiger partial charge is 0.508 e. The van der Waals surface area contributed by atoms with Crippen molar-refractivity contribution in [3.8, 4) is 11.5 Å². The Hall–Kier alpha value is -2.24. The van der Waals surface area contributed by atoms with Crippen molar-refractivity contribution in [2.45, 2.75) is 38.1 Å². The molecule has 0 aliphatic heterocycles. The van der Waals surface area contributed by atoms with E-state index in [2.05, 4.69) is 15.8 Å². The van der Waals surface area contributed by atoms with Crippen LogP contribution in [-0.2, 0) is 0 Å². The zero-order valence-electron chi connectivity index (χ0n) is 11.2. The molecule has 2 rings (SSSR count). The fourth-order valence-corrected chi connectivity index (χ4v) is 2.27. The summed E-state index contributed by atoms with van der Waals surface area (Å²) in [5.74, 6) is -0.120.